The van der Waals surface area contributed by atoms with Crippen LogP contribution < -0.4 is 5.32 Å². The first kappa shape index (κ1) is 16.0. The van der Waals surface area contributed by atoms with Gasteiger partial charge in [0.1, 0.15) is 0 Å². The lowest BCUT2D eigenvalue weighted by Crippen LogP contribution is -2.51. The first-order valence-electron chi connectivity index (χ1n) is 8.16. The Kier molecular flexibility index (Phi) is 7.92. The zero-order valence-corrected chi connectivity index (χ0v) is 13.0. The van der Waals surface area contributed by atoms with Crippen molar-refractivity contribution in [1.82, 2.24) is 10.2 Å². The maximum absolute atomic E-state index is 3.81. The van der Waals surface area contributed by atoms with E-state index in [1.165, 1.54) is 57.9 Å². The standard InChI is InChI=1S/C16H34N2/c1-5-13-17-15-11-9-7-8-10-12-16(15)18(4)14(3)6-2/h14-17H,5-13H2,1-4H3. The summed E-state index contributed by atoms with van der Waals surface area (Å²) in [7, 11) is 2.33. The van der Waals surface area contributed by atoms with Crippen molar-refractivity contribution in [3.63, 3.8) is 0 Å². The van der Waals surface area contributed by atoms with E-state index < -0.39 is 0 Å². The predicted molar refractivity (Wildman–Crippen MR) is 81.1 cm³/mol. The van der Waals surface area contributed by atoms with Crippen LogP contribution in [0.25, 0.3) is 0 Å². The van der Waals surface area contributed by atoms with E-state index in [-0.39, 0.29) is 0 Å². The molecule has 1 fully saturated rings. The van der Waals surface area contributed by atoms with E-state index in [1.54, 1.807) is 0 Å². The zero-order valence-electron chi connectivity index (χ0n) is 13.0. The van der Waals surface area contributed by atoms with Crippen molar-refractivity contribution in [3.05, 3.63) is 0 Å². The zero-order chi connectivity index (χ0) is 13.4. The molecule has 0 aromatic carbocycles. The minimum Gasteiger partial charge on any atom is -0.312 e. The van der Waals surface area contributed by atoms with E-state index in [9.17, 15) is 0 Å². The average Bonchev–Trinajstić information content (AvgIpc) is 2.36. The number of likely N-dealkylation sites (N-methyl/N-ethyl adjacent to an activating group) is 1. The molecule has 0 radical (unpaired) electrons. The van der Waals surface area contributed by atoms with Crippen LogP contribution >= 0.6 is 0 Å². The monoisotopic (exact) mass is 254 g/mol. The van der Waals surface area contributed by atoms with Gasteiger partial charge in [-0.05, 0) is 46.2 Å². The summed E-state index contributed by atoms with van der Waals surface area (Å²) in [4.78, 5) is 2.64. The van der Waals surface area contributed by atoms with Crippen LogP contribution in [0.2, 0.25) is 0 Å². The molecular formula is C16H34N2. The maximum Gasteiger partial charge on any atom is 0.0249 e. The molecule has 1 N–H and O–H groups in total. The Labute approximate surface area is 115 Å². The summed E-state index contributed by atoms with van der Waals surface area (Å²) >= 11 is 0. The van der Waals surface area contributed by atoms with Crippen LogP contribution in [0.5, 0.6) is 0 Å². The largest absolute Gasteiger partial charge is 0.312 e. The van der Waals surface area contributed by atoms with Gasteiger partial charge in [-0.15, -0.1) is 0 Å². The van der Waals surface area contributed by atoms with E-state index in [0.717, 1.165) is 6.04 Å². The van der Waals surface area contributed by atoms with Crippen LogP contribution in [0.3, 0.4) is 0 Å². The van der Waals surface area contributed by atoms with Crippen LogP contribution in [0.1, 0.15) is 72.1 Å². The van der Waals surface area contributed by atoms with Gasteiger partial charge in [-0.2, -0.15) is 0 Å². The van der Waals surface area contributed by atoms with Crippen LogP contribution in [-0.4, -0.2) is 36.6 Å². The molecule has 0 bridgehead atoms. The minimum atomic E-state index is 0.709. The summed E-state index contributed by atoms with van der Waals surface area (Å²) in [5.41, 5.74) is 0. The van der Waals surface area contributed by atoms with E-state index in [2.05, 4.69) is 38.0 Å². The van der Waals surface area contributed by atoms with E-state index in [0.29, 0.717) is 12.1 Å². The number of nitrogens with zero attached hydrogens (tertiary/aromatic N) is 1. The second kappa shape index (κ2) is 8.92. The molecule has 1 rings (SSSR count). The Morgan fingerprint density at radius 2 is 1.78 bits per heavy atom. The highest BCUT2D eigenvalue weighted by Gasteiger charge is 2.27. The van der Waals surface area contributed by atoms with E-state index in [1.807, 2.05) is 0 Å². The molecule has 0 saturated heterocycles. The summed E-state index contributed by atoms with van der Waals surface area (Å²) in [6, 6.07) is 2.16. The molecular weight excluding hydrogens is 220 g/mol. The van der Waals surface area contributed by atoms with Crippen molar-refractivity contribution in [2.75, 3.05) is 13.6 Å². The first-order valence-corrected chi connectivity index (χ1v) is 8.16. The lowest BCUT2D eigenvalue weighted by atomic mass is 9.90. The molecule has 0 amide bonds. The van der Waals surface area contributed by atoms with Crippen molar-refractivity contribution in [3.8, 4) is 0 Å². The predicted octanol–water partition coefficient (Wildman–Crippen LogP) is 3.81. The van der Waals surface area contributed by atoms with Crippen molar-refractivity contribution in [2.24, 2.45) is 0 Å². The quantitative estimate of drug-likeness (QED) is 0.775. The molecule has 0 heterocycles. The summed E-state index contributed by atoms with van der Waals surface area (Å²) in [6.07, 6.45) is 10.9. The van der Waals surface area contributed by atoms with Gasteiger partial charge in [0.15, 0.2) is 0 Å². The van der Waals surface area contributed by atoms with Gasteiger partial charge in [0.25, 0.3) is 0 Å². The molecule has 1 aliphatic rings. The lowest BCUT2D eigenvalue weighted by Gasteiger charge is -2.39. The van der Waals surface area contributed by atoms with Crippen molar-refractivity contribution in [1.29, 1.82) is 0 Å². The lowest BCUT2D eigenvalue weighted by molar-refractivity contribution is 0.122. The maximum atomic E-state index is 3.81. The van der Waals surface area contributed by atoms with E-state index in [4.69, 9.17) is 0 Å². The second-order valence-corrected chi connectivity index (χ2v) is 6.04. The Morgan fingerprint density at radius 3 is 2.39 bits per heavy atom. The fourth-order valence-electron chi connectivity index (χ4n) is 3.14. The first-order chi connectivity index (χ1) is 8.70. The summed E-state index contributed by atoms with van der Waals surface area (Å²) in [5.74, 6) is 0. The summed E-state index contributed by atoms with van der Waals surface area (Å²) < 4.78 is 0. The molecule has 0 aliphatic heterocycles. The Morgan fingerprint density at radius 1 is 1.11 bits per heavy atom. The minimum absolute atomic E-state index is 0.709. The summed E-state index contributed by atoms with van der Waals surface area (Å²) in [5, 5.41) is 3.81. The highest BCUT2D eigenvalue weighted by atomic mass is 15.2. The van der Waals surface area contributed by atoms with Gasteiger partial charge in [0, 0.05) is 18.1 Å². The molecule has 0 aromatic rings. The summed E-state index contributed by atoms with van der Waals surface area (Å²) in [6.45, 7) is 8.12. The fraction of sp³-hybridized carbons (Fsp3) is 1.00. The third kappa shape index (κ3) is 4.89. The Hall–Kier alpha value is -0.0800. The molecule has 2 nitrogen and oxygen atoms in total. The van der Waals surface area contributed by atoms with Crippen molar-refractivity contribution >= 4 is 0 Å². The SMILES string of the molecule is CCCNC1CCCCCCC1N(C)C(C)CC. The smallest absolute Gasteiger partial charge is 0.0249 e. The third-order valence-electron chi connectivity index (χ3n) is 4.70. The second-order valence-electron chi connectivity index (χ2n) is 6.04. The van der Waals surface area contributed by atoms with Gasteiger partial charge in [0.2, 0.25) is 0 Å². The van der Waals surface area contributed by atoms with Gasteiger partial charge >= 0.3 is 0 Å². The van der Waals surface area contributed by atoms with Crippen LogP contribution in [0.4, 0.5) is 0 Å². The molecule has 1 aliphatic carbocycles. The number of hydrogen-bond donors (Lipinski definition) is 1. The number of hydrogen-bond acceptors (Lipinski definition) is 2. The molecule has 0 spiro atoms. The number of rotatable bonds is 6. The van der Waals surface area contributed by atoms with E-state index >= 15 is 0 Å². The molecule has 0 aromatic heterocycles. The van der Waals surface area contributed by atoms with Gasteiger partial charge < -0.3 is 5.32 Å². The third-order valence-corrected chi connectivity index (χ3v) is 4.70. The average molecular weight is 254 g/mol. The van der Waals surface area contributed by atoms with Crippen LogP contribution in [0, 0.1) is 0 Å². The van der Waals surface area contributed by atoms with Crippen LogP contribution in [0.15, 0.2) is 0 Å². The molecule has 3 unspecified atom stereocenters. The van der Waals surface area contributed by atoms with Gasteiger partial charge in [-0.25, -0.2) is 0 Å². The van der Waals surface area contributed by atoms with Gasteiger partial charge in [0.05, 0.1) is 0 Å². The van der Waals surface area contributed by atoms with Crippen molar-refractivity contribution in [2.45, 2.75) is 90.3 Å². The Bertz CT molecular complexity index is 203. The molecule has 3 atom stereocenters. The van der Waals surface area contributed by atoms with Crippen LogP contribution in [-0.2, 0) is 0 Å². The molecule has 2 heteroatoms. The highest BCUT2D eigenvalue weighted by Crippen LogP contribution is 2.23. The van der Waals surface area contributed by atoms with Gasteiger partial charge in [-0.3, -0.25) is 4.90 Å². The molecule has 1 saturated carbocycles. The Balaban J connectivity index is 2.63. The molecule has 18 heavy (non-hydrogen) atoms. The highest BCUT2D eigenvalue weighted by molar-refractivity contribution is 4.86. The molecule has 108 valence electrons. The topological polar surface area (TPSA) is 15.3 Å². The fourth-order valence-corrected chi connectivity index (χ4v) is 3.14. The van der Waals surface area contributed by atoms with Crippen molar-refractivity contribution < 1.29 is 0 Å². The van der Waals surface area contributed by atoms with Gasteiger partial charge in [-0.1, -0.05) is 39.5 Å². The number of nitrogens with one attached hydrogen (secondary N) is 1. The normalized spacial score (nSPS) is 27.8.